The maximum Gasteiger partial charge on any atom is 0.228 e. The minimum Gasteiger partial charge on any atom is -0.302 e. The number of hydrogen-bond acceptors (Lipinski definition) is 4. The Morgan fingerprint density at radius 3 is 2.62 bits per heavy atom. The monoisotopic (exact) mass is 432 g/mol. The first kappa shape index (κ1) is 21.6. The van der Waals surface area contributed by atoms with E-state index in [2.05, 4.69) is 36.1 Å². The Morgan fingerprint density at radius 2 is 1.81 bits per heavy atom. The van der Waals surface area contributed by atoms with Gasteiger partial charge in [0.25, 0.3) is 0 Å². The molecule has 1 aromatic heterocycles. The average molecular weight is 433 g/mol. The van der Waals surface area contributed by atoms with Crippen LogP contribution in [0.25, 0.3) is 0 Å². The van der Waals surface area contributed by atoms with E-state index < -0.39 is 0 Å². The molecular formula is C27H36N4O. The summed E-state index contributed by atoms with van der Waals surface area (Å²) in [6, 6.07) is 10.4. The van der Waals surface area contributed by atoms with Crippen LogP contribution in [0.2, 0.25) is 0 Å². The van der Waals surface area contributed by atoms with Gasteiger partial charge in [0.1, 0.15) is 11.6 Å². The van der Waals surface area contributed by atoms with Gasteiger partial charge in [0.2, 0.25) is 5.91 Å². The molecule has 2 aliphatic heterocycles. The number of aromatic nitrogens is 2. The Balaban J connectivity index is 1.31. The summed E-state index contributed by atoms with van der Waals surface area (Å²) in [6.45, 7) is 6.24. The molecule has 3 heterocycles. The lowest BCUT2D eigenvalue weighted by molar-refractivity contribution is -0.118. The summed E-state index contributed by atoms with van der Waals surface area (Å²) >= 11 is 0. The molecule has 5 nitrogen and oxygen atoms in total. The van der Waals surface area contributed by atoms with Crippen LogP contribution in [0, 0.1) is 12.8 Å². The van der Waals surface area contributed by atoms with Crippen molar-refractivity contribution < 1.29 is 4.79 Å². The van der Waals surface area contributed by atoms with E-state index in [9.17, 15) is 4.79 Å². The highest BCUT2D eigenvalue weighted by atomic mass is 16.2. The fourth-order valence-corrected chi connectivity index (χ4v) is 5.85. The highest BCUT2D eigenvalue weighted by molar-refractivity contribution is 5.95. The number of aryl methyl sites for hydroxylation is 1. The smallest absolute Gasteiger partial charge is 0.228 e. The van der Waals surface area contributed by atoms with Gasteiger partial charge in [0.15, 0.2) is 0 Å². The number of benzene rings is 1. The minimum atomic E-state index is 0.197. The van der Waals surface area contributed by atoms with Crippen molar-refractivity contribution >= 4 is 11.7 Å². The van der Waals surface area contributed by atoms with Crippen LogP contribution < -0.4 is 4.90 Å². The number of nitrogens with zero attached hydrogens (tertiary/aromatic N) is 4. The van der Waals surface area contributed by atoms with Gasteiger partial charge < -0.3 is 4.90 Å². The summed E-state index contributed by atoms with van der Waals surface area (Å²) in [7, 11) is 0. The van der Waals surface area contributed by atoms with E-state index >= 15 is 0 Å². The molecular weight excluding hydrogens is 396 g/mol. The van der Waals surface area contributed by atoms with Crippen molar-refractivity contribution in [2.75, 3.05) is 31.1 Å². The first-order valence-electron chi connectivity index (χ1n) is 12.6. The van der Waals surface area contributed by atoms with Gasteiger partial charge in [-0.15, -0.1) is 0 Å². The van der Waals surface area contributed by atoms with Gasteiger partial charge in [-0.1, -0.05) is 49.6 Å². The molecule has 170 valence electrons. The quantitative estimate of drug-likeness (QED) is 0.665. The normalized spacial score (nSPS) is 22.3. The van der Waals surface area contributed by atoms with Gasteiger partial charge in [0.05, 0.1) is 0 Å². The first-order chi connectivity index (χ1) is 15.7. The molecule has 32 heavy (non-hydrogen) atoms. The molecule has 1 aliphatic carbocycles. The highest BCUT2D eigenvalue weighted by Crippen LogP contribution is 2.33. The Kier molecular flexibility index (Phi) is 6.54. The van der Waals surface area contributed by atoms with Gasteiger partial charge in [0, 0.05) is 43.2 Å². The third-order valence-electron chi connectivity index (χ3n) is 7.70. The van der Waals surface area contributed by atoms with Crippen molar-refractivity contribution in [2.45, 2.75) is 70.6 Å². The van der Waals surface area contributed by atoms with Gasteiger partial charge in [-0.25, -0.2) is 9.97 Å². The van der Waals surface area contributed by atoms with E-state index in [0.717, 1.165) is 55.6 Å². The Labute approximate surface area is 192 Å². The maximum absolute atomic E-state index is 12.9. The van der Waals surface area contributed by atoms with Crippen LogP contribution in [-0.4, -0.2) is 47.0 Å². The molecule has 5 rings (SSSR count). The number of carbonyl (C=O) groups excluding carboxylic acids is 1. The lowest BCUT2D eigenvalue weighted by Gasteiger charge is -2.30. The highest BCUT2D eigenvalue weighted by Gasteiger charge is 2.32. The molecule has 0 bridgehead atoms. The molecule has 0 N–H and O–H groups in total. The van der Waals surface area contributed by atoms with Crippen molar-refractivity contribution in [3.8, 4) is 0 Å². The second-order valence-electron chi connectivity index (χ2n) is 10.00. The molecule has 1 aromatic carbocycles. The van der Waals surface area contributed by atoms with Gasteiger partial charge in [-0.05, 0) is 57.1 Å². The Bertz CT molecular complexity index is 938. The SMILES string of the molecule is Cc1nc([C@H]2CCN(CC3CCCCC3)C2)nc2c1CCC(=O)N2CCc1ccccc1. The largest absolute Gasteiger partial charge is 0.302 e. The molecule has 1 saturated heterocycles. The van der Waals surface area contributed by atoms with Crippen molar-refractivity contribution in [1.29, 1.82) is 0 Å². The molecule has 0 radical (unpaired) electrons. The fraction of sp³-hybridized carbons (Fsp3) is 0.593. The fourth-order valence-electron chi connectivity index (χ4n) is 5.85. The summed E-state index contributed by atoms with van der Waals surface area (Å²) in [6.07, 6.45) is 10.3. The summed E-state index contributed by atoms with van der Waals surface area (Å²) in [5.41, 5.74) is 3.49. The second kappa shape index (κ2) is 9.70. The Hall–Kier alpha value is -2.27. The average Bonchev–Trinajstić information content (AvgIpc) is 3.28. The van der Waals surface area contributed by atoms with Crippen LogP contribution in [0.1, 0.15) is 73.5 Å². The number of hydrogen-bond donors (Lipinski definition) is 0. The third-order valence-corrected chi connectivity index (χ3v) is 7.70. The zero-order chi connectivity index (χ0) is 21.9. The number of likely N-dealkylation sites (tertiary alicyclic amines) is 1. The van der Waals surface area contributed by atoms with Crippen LogP contribution in [0.4, 0.5) is 5.82 Å². The van der Waals surface area contributed by atoms with Crippen molar-refractivity contribution in [2.24, 2.45) is 5.92 Å². The molecule has 2 aromatic rings. The lowest BCUT2D eigenvalue weighted by atomic mass is 9.89. The number of rotatable bonds is 6. The lowest BCUT2D eigenvalue weighted by Crippen LogP contribution is -2.38. The molecule has 1 amide bonds. The summed E-state index contributed by atoms with van der Waals surface area (Å²) in [5.74, 6) is 3.29. The first-order valence-corrected chi connectivity index (χ1v) is 12.6. The maximum atomic E-state index is 12.9. The van der Waals surface area contributed by atoms with E-state index in [1.165, 1.54) is 49.8 Å². The molecule has 2 fully saturated rings. The van der Waals surface area contributed by atoms with Crippen LogP contribution in [0.15, 0.2) is 30.3 Å². The van der Waals surface area contributed by atoms with Crippen molar-refractivity contribution in [1.82, 2.24) is 14.9 Å². The number of carbonyl (C=O) groups is 1. The van der Waals surface area contributed by atoms with Gasteiger partial charge in [-0.2, -0.15) is 0 Å². The van der Waals surface area contributed by atoms with E-state index in [1.807, 2.05) is 11.0 Å². The minimum absolute atomic E-state index is 0.197. The molecule has 3 aliphatic rings. The van der Waals surface area contributed by atoms with Crippen LogP contribution in [0.5, 0.6) is 0 Å². The molecule has 0 unspecified atom stereocenters. The summed E-state index contributed by atoms with van der Waals surface area (Å²) in [5, 5.41) is 0. The molecule has 0 spiro atoms. The Morgan fingerprint density at radius 1 is 1.00 bits per heavy atom. The summed E-state index contributed by atoms with van der Waals surface area (Å²) < 4.78 is 0. The van der Waals surface area contributed by atoms with Crippen LogP contribution in [-0.2, 0) is 17.6 Å². The topological polar surface area (TPSA) is 49.3 Å². The molecule has 1 saturated carbocycles. The second-order valence-corrected chi connectivity index (χ2v) is 10.00. The third kappa shape index (κ3) is 4.73. The van der Waals surface area contributed by atoms with E-state index in [4.69, 9.17) is 9.97 Å². The summed E-state index contributed by atoms with van der Waals surface area (Å²) in [4.78, 5) is 27.4. The standard InChI is InChI=1S/C27H36N4O/c1-20-24-12-13-25(32)31(17-14-21-8-4-2-5-9-21)27(24)29-26(28-20)23-15-16-30(19-23)18-22-10-6-3-7-11-22/h2,4-5,8-9,22-23H,3,6-7,10-19H2,1H3/t23-/m0/s1. The van der Waals surface area contributed by atoms with Crippen LogP contribution in [0.3, 0.4) is 0 Å². The number of fused-ring (bicyclic) bond motifs is 1. The van der Waals surface area contributed by atoms with Gasteiger partial charge in [-0.3, -0.25) is 9.69 Å². The van der Waals surface area contributed by atoms with Gasteiger partial charge >= 0.3 is 0 Å². The number of anilines is 1. The van der Waals surface area contributed by atoms with Crippen molar-refractivity contribution in [3.63, 3.8) is 0 Å². The zero-order valence-electron chi connectivity index (χ0n) is 19.4. The predicted molar refractivity (Wildman–Crippen MR) is 128 cm³/mol. The van der Waals surface area contributed by atoms with E-state index in [1.54, 1.807) is 0 Å². The van der Waals surface area contributed by atoms with E-state index in [-0.39, 0.29) is 5.91 Å². The van der Waals surface area contributed by atoms with Crippen LogP contribution >= 0.6 is 0 Å². The van der Waals surface area contributed by atoms with Crippen molar-refractivity contribution in [3.05, 3.63) is 53.0 Å². The number of amides is 1. The zero-order valence-corrected chi connectivity index (χ0v) is 19.4. The van der Waals surface area contributed by atoms with E-state index in [0.29, 0.717) is 18.9 Å². The molecule has 5 heteroatoms. The molecule has 1 atom stereocenters. The predicted octanol–water partition coefficient (Wildman–Crippen LogP) is 4.68.